The van der Waals surface area contributed by atoms with Gasteiger partial charge in [-0.15, -0.1) is 0 Å². The van der Waals surface area contributed by atoms with Crippen molar-refractivity contribution in [3.05, 3.63) is 54.4 Å². The molecule has 0 aromatic heterocycles. The summed E-state index contributed by atoms with van der Waals surface area (Å²) in [5.74, 6) is 0.243. The number of hydrazine groups is 1. The molecule has 9 heteroatoms. The molecular formula is C19H19Br3N2O4. The number of amides is 2. The van der Waals surface area contributed by atoms with Crippen LogP contribution in [-0.4, -0.2) is 25.0 Å². The second-order valence-electron chi connectivity index (χ2n) is 6.08. The van der Waals surface area contributed by atoms with E-state index in [0.717, 1.165) is 30.1 Å². The number of carbonyl (C=O) groups is 2. The van der Waals surface area contributed by atoms with Crippen molar-refractivity contribution >= 4 is 59.6 Å². The minimum absolute atomic E-state index is 0.220. The van der Waals surface area contributed by atoms with E-state index >= 15 is 0 Å². The molecule has 2 N–H and O–H groups in total. The van der Waals surface area contributed by atoms with Crippen LogP contribution in [-0.2, 0) is 9.59 Å². The van der Waals surface area contributed by atoms with Crippen LogP contribution in [0.1, 0.15) is 16.7 Å². The van der Waals surface area contributed by atoms with Crippen molar-refractivity contribution in [2.75, 3.05) is 13.2 Å². The lowest BCUT2D eigenvalue weighted by Crippen LogP contribution is -2.45. The van der Waals surface area contributed by atoms with Gasteiger partial charge >= 0.3 is 0 Å². The minimum Gasteiger partial charge on any atom is -0.483 e. The highest BCUT2D eigenvalue weighted by atomic mass is 79.9. The Bertz CT molecular complexity index is 783. The first kappa shape index (κ1) is 22.7. The van der Waals surface area contributed by atoms with Gasteiger partial charge in [0, 0.05) is 8.95 Å². The Labute approximate surface area is 188 Å². The lowest BCUT2D eigenvalue weighted by atomic mass is 10.1. The van der Waals surface area contributed by atoms with Gasteiger partial charge in [0.05, 0.1) is 4.47 Å². The number of hydrogen-bond donors (Lipinski definition) is 2. The third-order valence-corrected chi connectivity index (χ3v) is 5.16. The van der Waals surface area contributed by atoms with Crippen molar-refractivity contribution < 1.29 is 19.1 Å². The number of halogens is 3. The van der Waals surface area contributed by atoms with Gasteiger partial charge in [-0.1, -0.05) is 31.9 Å². The van der Waals surface area contributed by atoms with Crippen LogP contribution in [0.15, 0.2) is 37.7 Å². The Morgan fingerprint density at radius 1 is 0.750 bits per heavy atom. The van der Waals surface area contributed by atoms with Crippen molar-refractivity contribution in [1.29, 1.82) is 0 Å². The van der Waals surface area contributed by atoms with Crippen LogP contribution in [0.5, 0.6) is 11.5 Å². The third kappa shape index (κ3) is 6.49. The largest absolute Gasteiger partial charge is 0.483 e. The summed E-state index contributed by atoms with van der Waals surface area (Å²) in [4.78, 5) is 23.8. The highest BCUT2D eigenvalue weighted by molar-refractivity contribution is 9.11. The summed E-state index contributed by atoms with van der Waals surface area (Å²) in [7, 11) is 0. The van der Waals surface area contributed by atoms with E-state index in [1.807, 2.05) is 45.0 Å². The van der Waals surface area contributed by atoms with E-state index in [9.17, 15) is 9.59 Å². The first-order valence-electron chi connectivity index (χ1n) is 8.23. The number of carbonyl (C=O) groups excluding carboxylic acids is 2. The van der Waals surface area contributed by atoms with E-state index in [1.54, 1.807) is 0 Å². The highest BCUT2D eigenvalue weighted by Crippen LogP contribution is 2.32. The lowest BCUT2D eigenvalue weighted by molar-refractivity contribution is -0.131. The summed E-state index contributed by atoms with van der Waals surface area (Å²) in [5.41, 5.74) is 7.29. The molecule has 2 amide bonds. The molecular weight excluding hydrogens is 560 g/mol. The number of rotatable bonds is 6. The molecule has 0 heterocycles. The fourth-order valence-corrected chi connectivity index (χ4v) is 4.72. The van der Waals surface area contributed by atoms with Crippen LogP contribution >= 0.6 is 47.8 Å². The van der Waals surface area contributed by atoms with Crippen LogP contribution in [0.2, 0.25) is 0 Å². The van der Waals surface area contributed by atoms with E-state index in [2.05, 4.69) is 58.6 Å². The molecule has 0 radical (unpaired) electrons. The molecule has 6 nitrogen and oxygen atoms in total. The van der Waals surface area contributed by atoms with Crippen molar-refractivity contribution in [1.82, 2.24) is 10.9 Å². The molecule has 2 rings (SSSR count). The Morgan fingerprint density at radius 2 is 1.14 bits per heavy atom. The number of hydrogen-bond acceptors (Lipinski definition) is 4. The predicted octanol–water partition coefficient (Wildman–Crippen LogP) is 4.50. The van der Waals surface area contributed by atoms with E-state index in [4.69, 9.17) is 9.47 Å². The first-order chi connectivity index (χ1) is 13.2. The third-order valence-electron chi connectivity index (χ3n) is 3.66. The number of ether oxygens (including phenoxy) is 2. The average molecular weight is 579 g/mol. The highest BCUT2D eigenvalue weighted by Gasteiger charge is 2.12. The summed E-state index contributed by atoms with van der Waals surface area (Å²) >= 11 is 10.2. The molecule has 0 aliphatic rings. The summed E-state index contributed by atoms with van der Waals surface area (Å²) in [5, 5.41) is 0. The van der Waals surface area contributed by atoms with Crippen LogP contribution in [0, 0.1) is 20.8 Å². The molecule has 0 unspecified atom stereocenters. The van der Waals surface area contributed by atoms with Gasteiger partial charge in [-0.05, 0) is 77.7 Å². The minimum atomic E-state index is -0.487. The second-order valence-corrected chi connectivity index (χ2v) is 8.76. The molecule has 0 saturated carbocycles. The zero-order valence-electron chi connectivity index (χ0n) is 15.5. The SMILES string of the molecule is Cc1cc(Br)cc(C)c1OCC(=O)NNC(=O)COc1c(C)cc(Br)cc1Br. The summed E-state index contributed by atoms with van der Waals surface area (Å²) < 4.78 is 13.7. The van der Waals surface area contributed by atoms with Gasteiger partial charge in [-0.2, -0.15) is 0 Å². The number of aryl methyl sites for hydroxylation is 3. The molecule has 0 spiro atoms. The van der Waals surface area contributed by atoms with Gasteiger partial charge < -0.3 is 9.47 Å². The molecule has 2 aromatic rings. The van der Waals surface area contributed by atoms with E-state index < -0.39 is 11.8 Å². The summed E-state index contributed by atoms with van der Waals surface area (Å²) in [6.45, 7) is 5.20. The maximum absolute atomic E-state index is 11.9. The van der Waals surface area contributed by atoms with Crippen LogP contribution in [0.25, 0.3) is 0 Å². The van der Waals surface area contributed by atoms with Gasteiger partial charge in [0.1, 0.15) is 11.5 Å². The normalized spacial score (nSPS) is 10.4. The summed E-state index contributed by atoms with van der Waals surface area (Å²) in [6.07, 6.45) is 0. The Kier molecular flexibility index (Phi) is 8.33. The molecule has 0 saturated heterocycles. The van der Waals surface area contributed by atoms with E-state index in [0.29, 0.717) is 11.5 Å². The maximum atomic E-state index is 11.9. The molecule has 28 heavy (non-hydrogen) atoms. The quantitative estimate of drug-likeness (QED) is 0.495. The standard InChI is InChI=1S/C19H19Br3N2O4/c1-10-4-13(20)5-11(2)18(10)27-8-16(25)23-24-17(26)9-28-19-12(3)6-14(21)7-15(19)22/h4-7H,8-9H2,1-3H3,(H,23,25)(H,24,26). The summed E-state index contributed by atoms with van der Waals surface area (Å²) in [6, 6.07) is 7.51. The van der Waals surface area contributed by atoms with Crippen molar-refractivity contribution in [2.45, 2.75) is 20.8 Å². The Balaban J connectivity index is 1.79. The van der Waals surface area contributed by atoms with Gasteiger partial charge in [0.25, 0.3) is 11.8 Å². The zero-order valence-corrected chi connectivity index (χ0v) is 20.2. The molecule has 0 atom stereocenters. The van der Waals surface area contributed by atoms with Gasteiger partial charge in [0.2, 0.25) is 0 Å². The Morgan fingerprint density at radius 3 is 1.61 bits per heavy atom. The van der Waals surface area contributed by atoms with Crippen molar-refractivity contribution in [3.8, 4) is 11.5 Å². The van der Waals surface area contributed by atoms with Gasteiger partial charge in [0.15, 0.2) is 13.2 Å². The maximum Gasteiger partial charge on any atom is 0.276 e. The van der Waals surface area contributed by atoms with E-state index in [-0.39, 0.29) is 13.2 Å². The second kappa shape index (κ2) is 10.3. The number of nitrogens with one attached hydrogen (secondary N) is 2. The van der Waals surface area contributed by atoms with Gasteiger partial charge in [-0.25, -0.2) is 0 Å². The fourth-order valence-electron chi connectivity index (χ4n) is 2.48. The fraction of sp³-hybridized carbons (Fsp3) is 0.263. The smallest absolute Gasteiger partial charge is 0.276 e. The predicted molar refractivity (Wildman–Crippen MR) is 117 cm³/mol. The van der Waals surface area contributed by atoms with Gasteiger partial charge in [-0.3, -0.25) is 20.4 Å². The molecule has 0 fully saturated rings. The van der Waals surface area contributed by atoms with Crippen LogP contribution < -0.4 is 20.3 Å². The molecule has 0 bridgehead atoms. The lowest BCUT2D eigenvalue weighted by Gasteiger charge is -2.14. The molecule has 0 aliphatic heterocycles. The van der Waals surface area contributed by atoms with Crippen LogP contribution in [0.4, 0.5) is 0 Å². The molecule has 150 valence electrons. The molecule has 2 aromatic carbocycles. The van der Waals surface area contributed by atoms with E-state index in [1.165, 1.54) is 0 Å². The van der Waals surface area contributed by atoms with Crippen molar-refractivity contribution in [2.24, 2.45) is 0 Å². The molecule has 0 aliphatic carbocycles. The first-order valence-corrected chi connectivity index (χ1v) is 10.6. The Hall–Kier alpha value is -1.58. The van der Waals surface area contributed by atoms with Crippen molar-refractivity contribution in [3.63, 3.8) is 0 Å². The monoisotopic (exact) mass is 576 g/mol. The average Bonchev–Trinajstić information content (AvgIpc) is 2.58. The topological polar surface area (TPSA) is 76.7 Å². The zero-order chi connectivity index (χ0) is 20.8. The van der Waals surface area contributed by atoms with Crippen LogP contribution in [0.3, 0.4) is 0 Å². The number of benzene rings is 2.